The van der Waals surface area contributed by atoms with E-state index in [9.17, 15) is 9.59 Å². The molecule has 0 fully saturated rings. The summed E-state index contributed by atoms with van der Waals surface area (Å²) in [4.78, 5) is 31.9. The molecule has 3 rings (SSSR count). The van der Waals surface area contributed by atoms with Crippen LogP contribution in [0.3, 0.4) is 0 Å². The molecule has 0 aliphatic rings. The van der Waals surface area contributed by atoms with E-state index in [1.165, 1.54) is 6.08 Å². The second-order valence-corrected chi connectivity index (χ2v) is 6.95. The molecule has 3 aromatic rings. The van der Waals surface area contributed by atoms with Gasteiger partial charge in [0.25, 0.3) is 5.91 Å². The van der Waals surface area contributed by atoms with Crippen molar-refractivity contribution in [3.05, 3.63) is 78.1 Å². The topological polar surface area (TPSA) is 86.9 Å². The number of aromatic amines is 1. The van der Waals surface area contributed by atoms with Crippen molar-refractivity contribution >= 4 is 22.8 Å². The maximum absolute atomic E-state index is 12.7. The maximum Gasteiger partial charge on any atom is 0.251 e. The molecular formula is C22H24N4O2. The molecule has 0 unspecified atom stereocenters. The van der Waals surface area contributed by atoms with Crippen molar-refractivity contribution in [2.75, 3.05) is 0 Å². The Kier molecular flexibility index (Phi) is 5.89. The number of carbonyl (C=O) groups is 2. The largest absolute Gasteiger partial charge is 0.348 e. The molecule has 1 atom stereocenters. The fourth-order valence-electron chi connectivity index (χ4n) is 2.93. The number of hydrogen-bond acceptors (Lipinski definition) is 3. The molecule has 28 heavy (non-hydrogen) atoms. The molecular weight excluding hydrogens is 352 g/mol. The fourth-order valence-corrected chi connectivity index (χ4v) is 2.93. The molecule has 6 heteroatoms. The second-order valence-electron chi connectivity index (χ2n) is 6.95. The Hall–Kier alpha value is -3.41. The highest BCUT2D eigenvalue weighted by atomic mass is 16.2. The van der Waals surface area contributed by atoms with Gasteiger partial charge in [-0.15, -0.1) is 0 Å². The molecule has 0 saturated heterocycles. The molecule has 144 valence electrons. The van der Waals surface area contributed by atoms with E-state index in [1.54, 1.807) is 12.1 Å². The highest BCUT2D eigenvalue weighted by molar-refractivity contribution is 5.94. The van der Waals surface area contributed by atoms with E-state index in [1.807, 2.05) is 50.2 Å². The van der Waals surface area contributed by atoms with Crippen molar-refractivity contribution in [3.63, 3.8) is 0 Å². The Labute approximate surface area is 164 Å². The molecule has 0 aliphatic carbocycles. The fraction of sp³-hybridized carbons (Fsp3) is 0.227. The van der Waals surface area contributed by atoms with Crippen LogP contribution in [0.5, 0.6) is 0 Å². The first-order chi connectivity index (χ1) is 13.5. The lowest BCUT2D eigenvalue weighted by molar-refractivity contribution is -0.116. The normalized spacial score (nSPS) is 12.0. The molecule has 2 amide bonds. The number of nitrogens with zero attached hydrogens (tertiary/aromatic N) is 1. The molecule has 0 bridgehead atoms. The van der Waals surface area contributed by atoms with Crippen molar-refractivity contribution in [1.29, 1.82) is 0 Å². The first-order valence-corrected chi connectivity index (χ1v) is 9.22. The minimum absolute atomic E-state index is 0.165. The van der Waals surface area contributed by atoms with Crippen LogP contribution in [0.1, 0.15) is 41.6 Å². The number of amides is 2. The van der Waals surface area contributed by atoms with Gasteiger partial charge >= 0.3 is 0 Å². The zero-order valence-electron chi connectivity index (χ0n) is 16.0. The van der Waals surface area contributed by atoms with Gasteiger partial charge in [0, 0.05) is 12.1 Å². The summed E-state index contributed by atoms with van der Waals surface area (Å²) in [6.07, 6.45) is 1.23. The predicted octanol–water partition coefficient (Wildman–Crippen LogP) is 3.49. The number of carbonyl (C=O) groups excluding carboxylic acids is 2. The molecule has 0 spiro atoms. The minimum Gasteiger partial charge on any atom is -0.348 e. The van der Waals surface area contributed by atoms with Crippen LogP contribution in [0.15, 0.2) is 61.2 Å². The van der Waals surface area contributed by atoms with Gasteiger partial charge in [0.2, 0.25) is 5.91 Å². The number of hydrogen-bond donors (Lipinski definition) is 3. The number of rotatable bonds is 7. The van der Waals surface area contributed by atoms with Gasteiger partial charge in [-0.3, -0.25) is 9.59 Å². The lowest BCUT2D eigenvalue weighted by atomic mass is 10.0. The van der Waals surface area contributed by atoms with Gasteiger partial charge in [-0.2, -0.15) is 0 Å². The molecule has 2 aromatic carbocycles. The Morgan fingerprint density at radius 2 is 1.86 bits per heavy atom. The molecule has 0 aliphatic heterocycles. The van der Waals surface area contributed by atoms with Crippen LogP contribution in [-0.4, -0.2) is 21.8 Å². The first-order valence-electron chi connectivity index (χ1n) is 9.22. The van der Waals surface area contributed by atoms with Crippen LogP contribution < -0.4 is 10.6 Å². The van der Waals surface area contributed by atoms with Crippen LogP contribution in [0, 0.1) is 5.92 Å². The van der Waals surface area contributed by atoms with E-state index < -0.39 is 0 Å². The summed E-state index contributed by atoms with van der Waals surface area (Å²) >= 11 is 0. The third kappa shape index (κ3) is 4.46. The number of nitrogens with one attached hydrogen (secondary N) is 3. The van der Waals surface area contributed by atoms with Crippen molar-refractivity contribution < 1.29 is 9.59 Å². The van der Waals surface area contributed by atoms with Crippen LogP contribution >= 0.6 is 0 Å². The maximum atomic E-state index is 12.7. The number of H-pyrrole nitrogens is 1. The van der Waals surface area contributed by atoms with Gasteiger partial charge in [0.05, 0.1) is 17.1 Å². The van der Waals surface area contributed by atoms with E-state index in [4.69, 9.17) is 0 Å². The van der Waals surface area contributed by atoms with E-state index in [0.717, 1.165) is 22.4 Å². The number of fused-ring (bicyclic) bond motifs is 1. The first kappa shape index (κ1) is 19.4. The summed E-state index contributed by atoms with van der Waals surface area (Å²) < 4.78 is 0. The SMILES string of the molecule is C=CC(=O)NCc1ccc(C(=O)N[C@H](c2nc3ccccc3[nH]2)C(C)C)cc1. The third-order valence-electron chi connectivity index (χ3n) is 4.52. The number of imidazole rings is 1. The number of aromatic nitrogens is 2. The molecule has 0 radical (unpaired) electrons. The van der Waals surface area contributed by atoms with Gasteiger partial charge in [-0.25, -0.2) is 4.98 Å². The minimum atomic E-state index is -0.230. The summed E-state index contributed by atoms with van der Waals surface area (Å²) in [5.74, 6) is 0.513. The number of benzene rings is 2. The highest BCUT2D eigenvalue weighted by Crippen LogP contribution is 2.22. The van der Waals surface area contributed by atoms with Gasteiger partial charge in [-0.1, -0.05) is 44.7 Å². The van der Waals surface area contributed by atoms with Crippen molar-refractivity contribution in [3.8, 4) is 0 Å². The second kappa shape index (κ2) is 8.52. The van der Waals surface area contributed by atoms with E-state index in [0.29, 0.717) is 12.1 Å². The number of para-hydroxylation sites is 2. The summed E-state index contributed by atoms with van der Waals surface area (Å²) in [7, 11) is 0. The molecule has 6 nitrogen and oxygen atoms in total. The zero-order chi connectivity index (χ0) is 20.1. The van der Waals surface area contributed by atoms with Gasteiger partial charge in [0.1, 0.15) is 5.82 Å². The van der Waals surface area contributed by atoms with Gasteiger partial charge in [-0.05, 0) is 41.8 Å². The smallest absolute Gasteiger partial charge is 0.251 e. The van der Waals surface area contributed by atoms with Crippen molar-refractivity contribution in [2.24, 2.45) is 5.92 Å². The van der Waals surface area contributed by atoms with E-state index >= 15 is 0 Å². The average Bonchev–Trinajstić information content (AvgIpc) is 3.13. The van der Waals surface area contributed by atoms with Gasteiger partial charge in [0.15, 0.2) is 0 Å². The lowest BCUT2D eigenvalue weighted by Crippen LogP contribution is -2.32. The summed E-state index contributed by atoms with van der Waals surface area (Å²) in [6, 6.07) is 14.7. The van der Waals surface area contributed by atoms with Crippen LogP contribution in [-0.2, 0) is 11.3 Å². The summed E-state index contributed by atoms with van der Waals surface area (Å²) in [5.41, 5.74) is 3.29. The van der Waals surface area contributed by atoms with Crippen molar-refractivity contribution in [1.82, 2.24) is 20.6 Å². The standard InChI is InChI=1S/C22H24N4O2/c1-4-19(27)23-13-15-9-11-16(12-10-15)22(28)26-20(14(2)3)21-24-17-7-5-6-8-18(17)25-21/h4-12,14,20H,1,13H2,2-3H3,(H,23,27)(H,24,25)(H,26,28)/t20-/m0/s1. The lowest BCUT2D eigenvalue weighted by Gasteiger charge is -2.20. The van der Waals surface area contributed by atoms with E-state index in [2.05, 4.69) is 27.2 Å². The summed E-state index contributed by atoms with van der Waals surface area (Å²) in [6.45, 7) is 7.90. The van der Waals surface area contributed by atoms with Crippen LogP contribution in [0.2, 0.25) is 0 Å². The van der Waals surface area contributed by atoms with Crippen LogP contribution in [0.25, 0.3) is 11.0 Å². The Morgan fingerprint density at radius 1 is 1.14 bits per heavy atom. The Balaban J connectivity index is 1.72. The quantitative estimate of drug-likeness (QED) is 0.552. The zero-order valence-corrected chi connectivity index (χ0v) is 16.0. The van der Waals surface area contributed by atoms with Crippen LogP contribution in [0.4, 0.5) is 0 Å². The molecule has 0 saturated carbocycles. The third-order valence-corrected chi connectivity index (χ3v) is 4.52. The predicted molar refractivity (Wildman–Crippen MR) is 110 cm³/mol. The Morgan fingerprint density at radius 3 is 2.50 bits per heavy atom. The molecule has 1 heterocycles. The monoisotopic (exact) mass is 376 g/mol. The van der Waals surface area contributed by atoms with Crippen molar-refractivity contribution in [2.45, 2.75) is 26.4 Å². The summed E-state index contributed by atoms with van der Waals surface area (Å²) in [5, 5.41) is 5.78. The van der Waals surface area contributed by atoms with Gasteiger partial charge < -0.3 is 15.6 Å². The van der Waals surface area contributed by atoms with E-state index in [-0.39, 0.29) is 23.8 Å². The Bertz CT molecular complexity index is 956. The molecule has 3 N–H and O–H groups in total. The molecule has 1 aromatic heterocycles. The highest BCUT2D eigenvalue weighted by Gasteiger charge is 2.22. The average molecular weight is 376 g/mol.